The first-order valence-corrected chi connectivity index (χ1v) is 11.7. The Morgan fingerprint density at radius 3 is 2.84 bits per heavy atom. The van der Waals surface area contributed by atoms with Crippen LogP contribution in [0.3, 0.4) is 0 Å². The monoisotopic (exact) mass is 436 g/mol. The summed E-state index contributed by atoms with van der Waals surface area (Å²) in [5.41, 5.74) is 2.09. The third-order valence-corrected chi connectivity index (χ3v) is 7.72. The maximum Gasteiger partial charge on any atom is 0.254 e. The number of aryl methyl sites for hydroxylation is 1. The summed E-state index contributed by atoms with van der Waals surface area (Å²) in [4.78, 5) is 29.1. The number of hydrogen-bond acceptors (Lipinski definition) is 7. The van der Waals surface area contributed by atoms with Crippen LogP contribution < -0.4 is 14.4 Å². The number of fused-ring (bicyclic) bond motifs is 4. The molecule has 0 radical (unpaired) electrons. The molecule has 0 spiro atoms. The first kappa shape index (κ1) is 18.9. The molecule has 3 aromatic rings. The van der Waals surface area contributed by atoms with Crippen LogP contribution in [-0.4, -0.2) is 53.7 Å². The second-order valence-corrected chi connectivity index (χ2v) is 9.66. The molecule has 160 valence electrons. The molecule has 1 unspecified atom stereocenters. The maximum atomic E-state index is 13.0. The number of amides is 1. The third-order valence-electron chi connectivity index (χ3n) is 6.56. The van der Waals surface area contributed by atoms with Crippen LogP contribution in [-0.2, 0) is 12.8 Å². The molecule has 4 heterocycles. The predicted molar refractivity (Wildman–Crippen MR) is 119 cm³/mol. The standard InChI is InChI=1S/C23H24N4O3S/c1-14-2-4-16-19(10-14)31-22-20(16)21(24-12-25-22)26-6-8-27(9-7-26)23(28)15-3-5-17-18(11-15)30-13-29-17/h3,5,11-12,14H,2,4,6-10,13H2,1H3. The van der Waals surface area contributed by atoms with Gasteiger partial charge in [0, 0.05) is 36.6 Å². The molecule has 1 aromatic carbocycles. The van der Waals surface area contributed by atoms with E-state index in [9.17, 15) is 4.79 Å². The summed E-state index contributed by atoms with van der Waals surface area (Å²) in [6.07, 6.45) is 5.17. The van der Waals surface area contributed by atoms with Gasteiger partial charge in [-0.15, -0.1) is 11.3 Å². The summed E-state index contributed by atoms with van der Waals surface area (Å²) < 4.78 is 10.8. The zero-order valence-corrected chi connectivity index (χ0v) is 18.3. The van der Waals surface area contributed by atoms with Crippen molar-refractivity contribution in [3.63, 3.8) is 0 Å². The molecule has 1 fully saturated rings. The number of piperazine rings is 1. The van der Waals surface area contributed by atoms with Gasteiger partial charge in [-0.3, -0.25) is 4.79 Å². The molecule has 1 saturated heterocycles. The van der Waals surface area contributed by atoms with Crippen LogP contribution in [0.1, 0.15) is 34.1 Å². The van der Waals surface area contributed by atoms with E-state index < -0.39 is 0 Å². The fourth-order valence-electron chi connectivity index (χ4n) is 4.83. The first-order chi connectivity index (χ1) is 15.2. The predicted octanol–water partition coefficient (Wildman–Crippen LogP) is 3.51. The molecule has 8 heteroatoms. The lowest BCUT2D eigenvalue weighted by molar-refractivity contribution is 0.0746. The first-order valence-electron chi connectivity index (χ1n) is 10.9. The fraction of sp³-hybridized carbons (Fsp3) is 0.435. The Hall–Kier alpha value is -2.87. The van der Waals surface area contributed by atoms with Crippen LogP contribution in [0.4, 0.5) is 5.82 Å². The second kappa shape index (κ2) is 7.37. The highest BCUT2D eigenvalue weighted by Gasteiger charge is 2.28. The van der Waals surface area contributed by atoms with Gasteiger partial charge in [-0.05, 0) is 48.9 Å². The van der Waals surface area contributed by atoms with Gasteiger partial charge in [0.25, 0.3) is 5.91 Å². The van der Waals surface area contributed by atoms with Gasteiger partial charge in [0.1, 0.15) is 17.0 Å². The Morgan fingerprint density at radius 1 is 1.13 bits per heavy atom. The van der Waals surface area contributed by atoms with E-state index >= 15 is 0 Å². The van der Waals surface area contributed by atoms with E-state index in [0.29, 0.717) is 30.2 Å². The largest absolute Gasteiger partial charge is 0.454 e. The van der Waals surface area contributed by atoms with Crippen molar-refractivity contribution < 1.29 is 14.3 Å². The third kappa shape index (κ3) is 3.20. The van der Waals surface area contributed by atoms with Gasteiger partial charge < -0.3 is 19.3 Å². The number of hydrogen-bond donors (Lipinski definition) is 0. The minimum absolute atomic E-state index is 0.0349. The van der Waals surface area contributed by atoms with E-state index in [4.69, 9.17) is 9.47 Å². The number of ether oxygens (including phenoxy) is 2. The average Bonchev–Trinajstić information content (AvgIpc) is 3.41. The Bertz CT molecular complexity index is 1170. The summed E-state index contributed by atoms with van der Waals surface area (Å²) in [6, 6.07) is 5.41. The molecule has 2 aromatic heterocycles. The van der Waals surface area contributed by atoms with Gasteiger partial charge in [0.15, 0.2) is 11.5 Å². The second-order valence-electron chi connectivity index (χ2n) is 8.58. The minimum Gasteiger partial charge on any atom is -0.454 e. The molecule has 1 amide bonds. The smallest absolute Gasteiger partial charge is 0.254 e. The van der Waals surface area contributed by atoms with Crippen LogP contribution in [0, 0.1) is 5.92 Å². The minimum atomic E-state index is 0.0349. The lowest BCUT2D eigenvalue weighted by Gasteiger charge is -2.36. The number of aromatic nitrogens is 2. The van der Waals surface area contributed by atoms with E-state index in [2.05, 4.69) is 21.8 Å². The van der Waals surface area contributed by atoms with Crippen molar-refractivity contribution in [3.8, 4) is 11.5 Å². The topological polar surface area (TPSA) is 67.8 Å². The molecule has 2 aliphatic heterocycles. The molecule has 31 heavy (non-hydrogen) atoms. The lowest BCUT2D eigenvalue weighted by atomic mass is 9.89. The van der Waals surface area contributed by atoms with Crippen molar-refractivity contribution in [2.45, 2.75) is 26.2 Å². The van der Waals surface area contributed by atoms with Gasteiger partial charge in [0.2, 0.25) is 6.79 Å². The molecule has 1 atom stereocenters. The van der Waals surface area contributed by atoms with Crippen molar-refractivity contribution in [1.29, 1.82) is 0 Å². The average molecular weight is 437 g/mol. The van der Waals surface area contributed by atoms with E-state index in [1.807, 2.05) is 28.4 Å². The van der Waals surface area contributed by atoms with Crippen LogP contribution in [0.25, 0.3) is 10.2 Å². The summed E-state index contributed by atoms with van der Waals surface area (Å²) >= 11 is 1.83. The molecule has 1 aliphatic carbocycles. The Balaban J connectivity index is 1.22. The highest BCUT2D eigenvalue weighted by molar-refractivity contribution is 7.19. The van der Waals surface area contributed by atoms with Crippen molar-refractivity contribution in [2.75, 3.05) is 37.9 Å². The number of anilines is 1. The number of carbonyl (C=O) groups is 1. The van der Waals surface area contributed by atoms with E-state index in [1.54, 1.807) is 12.4 Å². The summed E-state index contributed by atoms with van der Waals surface area (Å²) in [7, 11) is 0. The highest BCUT2D eigenvalue weighted by atomic mass is 32.1. The SMILES string of the molecule is CC1CCc2c(sc3ncnc(N4CCN(C(=O)c5ccc6c(c5)OCO6)CC4)c23)C1. The number of nitrogens with zero attached hydrogens (tertiary/aromatic N) is 4. The van der Waals surface area contributed by atoms with Gasteiger partial charge >= 0.3 is 0 Å². The number of rotatable bonds is 2. The van der Waals surface area contributed by atoms with Crippen molar-refractivity contribution in [2.24, 2.45) is 5.92 Å². The zero-order valence-electron chi connectivity index (χ0n) is 17.5. The van der Waals surface area contributed by atoms with E-state index in [-0.39, 0.29) is 12.7 Å². The zero-order chi connectivity index (χ0) is 20.9. The quantitative estimate of drug-likeness (QED) is 0.613. The maximum absolute atomic E-state index is 13.0. The van der Waals surface area contributed by atoms with E-state index in [0.717, 1.165) is 42.5 Å². The van der Waals surface area contributed by atoms with Gasteiger partial charge in [-0.1, -0.05) is 6.92 Å². The van der Waals surface area contributed by atoms with Crippen molar-refractivity contribution in [1.82, 2.24) is 14.9 Å². The van der Waals surface area contributed by atoms with Crippen LogP contribution >= 0.6 is 11.3 Å². The molecule has 0 N–H and O–H groups in total. The normalized spacial score (nSPS) is 20.2. The van der Waals surface area contributed by atoms with Crippen LogP contribution in [0.2, 0.25) is 0 Å². The molecular formula is C23H24N4O3S. The van der Waals surface area contributed by atoms with E-state index in [1.165, 1.54) is 22.2 Å². The lowest BCUT2D eigenvalue weighted by Crippen LogP contribution is -2.49. The summed E-state index contributed by atoms with van der Waals surface area (Å²) in [5.74, 6) is 3.15. The summed E-state index contributed by atoms with van der Waals surface area (Å²) in [6.45, 7) is 5.41. The van der Waals surface area contributed by atoms with Crippen LogP contribution in [0.5, 0.6) is 11.5 Å². The highest BCUT2D eigenvalue weighted by Crippen LogP contribution is 2.40. The molecule has 3 aliphatic rings. The van der Waals surface area contributed by atoms with Gasteiger partial charge in [0.05, 0.1) is 5.39 Å². The van der Waals surface area contributed by atoms with Gasteiger partial charge in [-0.25, -0.2) is 9.97 Å². The molecular weight excluding hydrogens is 412 g/mol. The van der Waals surface area contributed by atoms with Gasteiger partial charge in [-0.2, -0.15) is 0 Å². The number of thiophene rings is 1. The Kier molecular flexibility index (Phi) is 4.49. The fourth-order valence-corrected chi connectivity index (χ4v) is 6.18. The number of benzene rings is 1. The summed E-state index contributed by atoms with van der Waals surface area (Å²) in [5, 5.41) is 1.24. The van der Waals surface area contributed by atoms with Crippen molar-refractivity contribution in [3.05, 3.63) is 40.5 Å². The van der Waals surface area contributed by atoms with Crippen molar-refractivity contribution >= 4 is 33.3 Å². The Morgan fingerprint density at radius 2 is 1.97 bits per heavy atom. The van der Waals surface area contributed by atoms with Crippen LogP contribution in [0.15, 0.2) is 24.5 Å². The molecule has 7 nitrogen and oxygen atoms in total. The Labute approximate surface area is 184 Å². The number of carbonyl (C=O) groups excluding carboxylic acids is 1. The molecule has 0 bridgehead atoms. The molecule has 0 saturated carbocycles. The molecule has 6 rings (SSSR count).